The Kier molecular flexibility index (Phi) is 12.2. The lowest BCUT2D eigenvalue weighted by molar-refractivity contribution is -0.138. The Morgan fingerprint density at radius 1 is 0.567 bits per heavy atom. The highest BCUT2D eigenvalue weighted by Crippen LogP contribution is 2.40. The van der Waals surface area contributed by atoms with Crippen molar-refractivity contribution in [1.29, 1.82) is 0 Å². The number of fused-ring (bicyclic) bond motifs is 2. The number of halogens is 9. The number of hydrazine groups is 1. The van der Waals surface area contributed by atoms with Gasteiger partial charge in [0.1, 0.15) is 11.5 Å². The molecule has 8 rings (SSSR count). The molecule has 0 fully saturated rings. The molecule has 0 saturated carbocycles. The third-order valence-corrected chi connectivity index (χ3v) is 9.92. The first-order valence-corrected chi connectivity index (χ1v) is 19.8. The van der Waals surface area contributed by atoms with Gasteiger partial charge >= 0.3 is 24.4 Å². The summed E-state index contributed by atoms with van der Waals surface area (Å²) in [6, 6.07) is 17.2. The molecule has 8 aromatic rings. The van der Waals surface area contributed by atoms with Crippen LogP contribution >= 0.6 is 11.6 Å². The monoisotopic (exact) mass is 944 g/mol. The van der Waals surface area contributed by atoms with Crippen molar-refractivity contribution in [3.05, 3.63) is 167 Å². The smallest absolute Gasteiger partial charge is 0.417 e. The molecule has 67 heavy (non-hydrogen) atoms. The number of amides is 4. The van der Waals surface area contributed by atoms with Gasteiger partial charge in [0.05, 0.1) is 61.0 Å². The third-order valence-electron chi connectivity index (χ3n) is 9.59. The highest BCUT2D eigenvalue weighted by molar-refractivity contribution is 6.31. The number of hydrogen-bond donors (Lipinski definition) is 2. The molecule has 2 aromatic heterocycles. The quantitative estimate of drug-likeness (QED) is 0.114. The number of nitrogens with zero attached hydrogens (tertiary/aromatic N) is 6. The highest BCUT2D eigenvalue weighted by Gasteiger charge is 2.37. The zero-order valence-electron chi connectivity index (χ0n) is 34.3. The lowest BCUT2D eigenvalue weighted by atomic mass is 10.2. The van der Waals surface area contributed by atoms with E-state index in [1.165, 1.54) is 36.5 Å². The maximum atomic E-state index is 15.7. The number of hydrogen-bond acceptors (Lipinski definition) is 8. The van der Waals surface area contributed by atoms with Gasteiger partial charge in [-0.25, -0.2) is 28.3 Å². The summed E-state index contributed by atoms with van der Waals surface area (Å²) in [4.78, 5) is 46.6. The molecule has 4 amide bonds. The fraction of sp³-hybridized carbons (Fsp3) is 0.0870. The summed E-state index contributed by atoms with van der Waals surface area (Å²) in [5.41, 5.74) is -1.65. The Labute approximate surface area is 378 Å². The number of aromatic nitrogens is 4. The molecule has 0 aliphatic rings. The summed E-state index contributed by atoms with van der Waals surface area (Å²) in [6.07, 6.45) is -6.93. The molecule has 12 nitrogen and oxygen atoms in total. The number of benzene rings is 6. The lowest BCUT2D eigenvalue weighted by Crippen LogP contribution is -2.54. The first-order valence-electron chi connectivity index (χ1n) is 19.5. The predicted molar refractivity (Wildman–Crippen MR) is 232 cm³/mol. The van der Waals surface area contributed by atoms with Crippen LogP contribution in [0.3, 0.4) is 0 Å². The van der Waals surface area contributed by atoms with Crippen molar-refractivity contribution in [2.75, 3.05) is 20.7 Å². The molecule has 2 N–H and O–H groups in total. The second-order valence-corrected chi connectivity index (χ2v) is 14.9. The Morgan fingerprint density at radius 3 is 1.63 bits per heavy atom. The zero-order chi connectivity index (χ0) is 47.8. The Hall–Kier alpha value is -8.13. The maximum absolute atomic E-state index is 15.7. The van der Waals surface area contributed by atoms with E-state index in [1.54, 1.807) is 26.1 Å². The number of carbonyl (C=O) groups excluding carboxylic acids is 2. The maximum Gasteiger partial charge on any atom is 0.417 e. The fourth-order valence-electron chi connectivity index (χ4n) is 6.55. The van der Waals surface area contributed by atoms with Crippen LogP contribution in [0.1, 0.15) is 22.5 Å². The fourth-order valence-corrected chi connectivity index (χ4v) is 6.77. The molecule has 0 spiro atoms. The van der Waals surface area contributed by atoms with E-state index in [2.05, 4.69) is 30.6 Å². The number of alkyl halides is 6. The number of ether oxygens (including phenoxy) is 2. The zero-order valence-corrected chi connectivity index (χ0v) is 35.1. The number of nitrogens with one attached hydrogen (secondary N) is 2. The van der Waals surface area contributed by atoms with Gasteiger partial charge in [-0.2, -0.15) is 36.4 Å². The van der Waals surface area contributed by atoms with E-state index in [9.17, 15) is 35.9 Å². The standard InChI is InChI=1S/C46H29ClF8N8O4/c1-24-22-56-37-14-9-31(20-39(37)58-24)66-41-17-28(6-12-35(41)48)61-44(65)62(29-7-11-34(47)33(18-29)46(53,54)55)63(43(64)60-27-5-3-4-26(16-27)45(50,51)52)30-8-13-36(49)42(19-30)67-32-10-15-38-40(21-32)59-25(2)23-57-38/h3-23H,1-2H3,(H,60,64)(H,61,65). The molecule has 2 heterocycles. The van der Waals surface area contributed by atoms with Gasteiger partial charge in [-0.1, -0.05) is 17.7 Å². The average molecular weight is 945 g/mol. The van der Waals surface area contributed by atoms with Crippen LogP contribution in [0.15, 0.2) is 128 Å². The van der Waals surface area contributed by atoms with E-state index >= 15 is 8.78 Å². The summed E-state index contributed by atoms with van der Waals surface area (Å²) in [5, 5.41) is 4.62. The van der Waals surface area contributed by atoms with Gasteiger partial charge in [0, 0.05) is 48.0 Å². The van der Waals surface area contributed by atoms with Crippen molar-refractivity contribution in [1.82, 2.24) is 19.9 Å². The number of urea groups is 2. The van der Waals surface area contributed by atoms with E-state index in [0.717, 1.165) is 66.7 Å². The van der Waals surface area contributed by atoms with Gasteiger partial charge in [-0.15, -0.1) is 0 Å². The average Bonchev–Trinajstić information content (AvgIpc) is 3.27. The van der Waals surface area contributed by atoms with Gasteiger partial charge in [-0.3, -0.25) is 9.97 Å². The van der Waals surface area contributed by atoms with Crippen LogP contribution in [-0.2, 0) is 12.4 Å². The number of anilines is 4. The number of rotatable bonds is 8. The van der Waals surface area contributed by atoms with Crippen molar-refractivity contribution >= 4 is 68.5 Å². The first kappa shape index (κ1) is 45.4. The minimum atomic E-state index is -5.13. The summed E-state index contributed by atoms with van der Waals surface area (Å²) in [6.45, 7) is 3.40. The van der Waals surface area contributed by atoms with Crippen LogP contribution in [0.2, 0.25) is 5.02 Å². The van der Waals surface area contributed by atoms with Gasteiger partial charge in [0.2, 0.25) is 0 Å². The van der Waals surface area contributed by atoms with Gasteiger partial charge < -0.3 is 20.1 Å². The van der Waals surface area contributed by atoms with Crippen LogP contribution in [0, 0.1) is 25.5 Å². The Bertz CT molecular complexity index is 3230. The molecule has 6 aromatic carbocycles. The minimum Gasteiger partial charge on any atom is -0.454 e. The molecule has 0 saturated heterocycles. The normalized spacial score (nSPS) is 11.6. The molecule has 0 aliphatic heterocycles. The van der Waals surface area contributed by atoms with E-state index < -0.39 is 80.8 Å². The Balaban J connectivity index is 1.23. The summed E-state index contributed by atoms with van der Waals surface area (Å²) >= 11 is 5.96. The molecule has 0 bridgehead atoms. The molecule has 21 heteroatoms. The van der Waals surface area contributed by atoms with E-state index in [0.29, 0.717) is 55.6 Å². The molecular formula is C46H29ClF8N8O4. The third kappa shape index (κ3) is 10.2. The van der Waals surface area contributed by atoms with E-state index in [1.807, 2.05) is 0 Å². The summed E-state index contributed by atoms with van der Waals surface area (Å²) < 4.78 is 127. The van der Waals surface area contributed by atoms with Crippen LogP contribution in [0.5, 0.6) is 23.0 Å². The van der Waals surface area contributed by atoms with Crippen LogP contribution in [0.25, 0.3) is 22.1 Å². The van der Waals surface area contributed by atoms with Gasteiger partial charge in [-0.05, 0) is 98.8 Å². The predicted octanol–water partition coefficient (Wildman–Crippen LogP) is 13.4. The first-order chi connectivity index (χ1) is 31.8. The topological polar surface area (TPSA) is 135 Å². The molecule has 0 aliphatic carbocycles. The van der Waals surface area contributed by atoms with Crippen molar-refractivity contribution < 1.29 is 54.2 Å². The molecule has 0 radical (unpaired) electrons. The van der Waals surface area contributed by atoms with Gasteiger partial charge in [0.15, 0.2) is 23.1 Å². The second-order valence-electron chi connectivity index (χ2n) is 14.5. The summed E-state index contributed by atoms with van der Waals surface area (Å²) in [5.74, 6) is -2.83. The number of aryl methyl sites for hydroxylation is 2. The van der Waals surface area contributed by atoms with Crippen molar-refractivity contribution in [3.63, 3.8) is 0 Å². The number of carbonyl (C=O) groups is 2. The largest absolute Gasteiger partial charge is 0.454 e. The second kappa shape index (κ2) is 18.0. The van der Waals surface area contributed by atoms with Crippen LogP contribution in [0.4, 0.5) is 67.5 Å². The molecule has 340 valence electrons. The lowest BCUT2D eigenvalue weighted by Gasteiger charge is -2.35. The van der Waals surface area contributed by atoms with E-state index in [-0.39, 0.29) is 17.2 Å². The van der Waals surface area contributed by atoms with Crippen LogP contribution < -0.4 is 30.1 Å². The van der Waals surface area contributed by atoms with E-state index in [4.69, 9.17) is 21.1 Å². The van der Waals surface area contributed by atoms with Crippen molar-refractivity contribution in [3.8, 4) is 23.0 Å². The van der Waals surface area contributed by atoms with Crippen LogP contribution in [-0.4, -0.2) is 32.0 Å². The molecule has 0 atom stereocenters. The van der Waals surface area contributed by atoms with Crippen molar-refractivity contribution in [2.45, 2.75) is 26.2 Å². The molecule has 0 unspecified atom stereocenters. The summed E-state index contributed by atoms with van der Waals surface area (Å²) in [7, 11) is 0. The molecular weight excluding hydrogens is 916 g/mol. The minimum absolute atomic E-state index is 0.0200. The van der Waals surface area contributed by atoms with Gasteiger partial charge in [0.25, 0.3) is 0 Å². The SMILES string of the molecule is Cc1cnc2ccc(Oc3cc(NC(=O)N(c4ccc(Cl)c(C(F)(F)F)c4)N(C(=O)Nc4cccc(C(F)(F)F)c4)c4ccc(F)c(Oc5ccc6ncc(C)nc6c5)c4)ccc3F)cc2n1. The van der Waals surface area contributed by atoms with Crippen molar-refractivity contribution in [2.24, 2.45) is 0 Å². The highest BCUT2D eigenvalue weighted by atomic mass is 35.5. The Morgan fingerprint density at radius 2 is 1.07 bits per heavy atom.